The maximum absolute atomic E-state index is 13.5. The molecule has 0 aromatic heterocycles. The second-order valence-corrected chi connectivity index (χ2v) is 12.0. The van der Waals surface area contributed by atoms with Gasteiger partial charge in [0.15, 0.2) is 0 Å². The summed E-state index contributed by atoms with van der Waals surface area (Å²) in [6.07, 6.45) is 6.59. The van der Waals surface area contributed by atoms with Crippen LogP contribution in [-0.2, 0) is 11.2 Å². The molecule has 0 saturated heterocycles. The Kier molecular flexibility index (Phi) is 11.7. The molecule has 0 bridgehead atoms. The highest BCUT2D eigenvalue weighted by Gasteiger charge is 2.38. The Morgan fingerprint density at radius 1 is 0.833 bits per heavy atom. The van der Waals surface area contributed by atoms with Crippen LogP contribution in [0, 0.1) is 23.7 Å². The van der Waals surface area contributed by atoms with E-state index in [1.165, 1.54) is 19.3 Å². The lowest BCUT2D eigenvalue weighted by atomic mass is 9.82. The molecule has 204 valence electrons. The molecule has 0 aliphatic heterocycles. The van der Waals surface area contributed by atoms with Crippen molar-refractivity contribution in [2.24, 2.45) is 23.7 Å². The second kappa shape index (κ2) is 14.5. The third kappa shape index (κ3) is 9.77. The average Bonchev–Trinajstić information content (AvgIpc) is 3.65. The minimum Gasteiger partial charge on any atom is -0.393 e. The minimum absolute atomic E-state index is 0.115. The van der Waals surface area contributed by atoms with E-state index >= 15 is 0 Å². The van der Waals surface area contributed by atoms with Gasteiger partial charge < -0.3 is 25.7 Å². The van der Waals surface area contributed by atoms with Gasteiger partial charge in [-0.3, -0.25) is 4.79 Å². The van der Waals surface area contributed by atoms with Crippen LogP contribution >= 0.6 is 0 Å². The van der Waals surface area contributed by atoms with Crippen molar-refractivity contribution in [1.29, 1.82) is 0 Å². The number of nitrogens with one attached hydrogen (secondary N) is 1. The summed E-state index contributed by atoms with van der Waals surface area (Å²) >= 11 is 0. The quantitative estimate of drug-likeness (QED) is 0.249. The molecule has 6 nitrogen and oxygen atoms in total. The Balaban J connectivity index is 1.65. The van der Waals surface area contributed by atoms with E-state index in [2.05, 4.69) is 5.32 Å². The molecule has 0 radical (unpaired) electrons. The summed E-state index contributed by atoms with van der Waals surface area (Å²) in [6.45, 7) is 4.03. The highest BCUT2D eigenvalue weighted by Crippen LogP contribution is 2.37. The fourth-order valence-electron chi connectivity index (χ4n) is 5.82. The molecule has 6 atom stereocenters. The van der Waals surface area contributed by atoms with Gasteiger partial charge >= 0.3 is 0 Å². The van der Waals surface area contributed by atoms with Crippen LogP contribution in [0.5, 0.6) is 0 Å². The topological polar surface area (TPSA) is 110 Å². The third-order valence-corrected chi connectivity index (χ3v) is 8.06. The first kappa shape index (κ1) is 29.1. The van der Waals surface area contributed by atoms with Crippen LogP contribution in [0.1, 0.15) is 90.0 Å². The molecule has 36 heavy (non-hydrogen) atoms. The molecule has 1 aromatic carbocycles. The summed E-state index contributed by atoms with van der Waals surface area (Å²) in [5, 5.41) is 46.8. The summed E-state index contributed by atoms with van der Waals surface area (Å²) in [5.74, 6) is 0.0610. The molecule has 2 saturated carbocycles. The molecule has 1 amide bonds. The predicted octanol–water partition coefficient (Wildman–Crippen LogP) is 3.98. The first-order valence-corrected chi connectivity index (χ1v) is 14.3. The van der Waals surface area contributed by atoms with E-state index < -0.39 is 36.4 Å². The van der Waals surface area contributed by atoms with Crippen molar-refractivity contribution in [2.75, 3.05) is 0 Å². The summed E-state index contributed by atoms with van der Waals surface area (Å²) < 4.78 is 0. The van der Waals surface area contributed by atoms with Gasteiger partial charge in [0.25, 0.3) is 0 Å². The normalized spacial score (nSPS) is 22.0. The van der Waals surface area contributed by atoms with E-state index in [1.54, 1.807) is 0 Å². The van der Waals surface area contributed by atoms with E-state index in [9.17, 15) is 25.2 Å². The van der Waals surface area contributed by atoms with Gasteiger partial charge in [-0.2, -0.15) is 0 Å². The largest absolute Gasteiger partial charge is 0.393 e. The SMILES string of the molecule is CC(C)CC(O)C(NC(=O)[C@H](CC1CC1)[C@H](O)C[C@H](O)Cc1ccccc1)C(O)CC1CCCCC1. The van der Waals surface area contributed by atoms with E-state index in [4.69, 9.17) is 0 Å². The molecule has 1 aromatic rings. The van der Waals surface area contributed by atoms with Gasteiger partial charge in [0.05, 0.1) is 36.4 Å². The number of benzene rings is 1. The van der Waals surface area contributed by atoms with Gasteiger partial charge in [0.1, 0.15) is 0 Å². The zero-order valence-electron chi connectivity index (χ0n) is 22.3. The van der Waals surface area contributed by atoms with Crippen molar-refractivity contribution in [2.45, 2.75) is 121 Å². The second-order valence-electron chi connectivity index (χ2n) is 12.0. The Labute approximate surface area is 217 Å². The molecule has 0 spiro atoms. The third-order valence-electron chi connectivity index (χ3n) is 8.06. The van der Waals surface area contributed by atoms with Crippen molar-refractivity contribution >= 4 is 5.91 Å². The number of rotatable bonds is 15. The van der Waals surface area contributed by atoms with E-state index in [1.807, 2.05) is 44.2 Å². The van der Waals surface area contributed by atoms with E-state index in [0.29, 0.717) is 37.5 Å². The molecule has 2 fully saturated rings. The molecule has 0 heterocycles. The van der Waals surface area contributed by atoms with Gasteiger partial charge in [-0.25, -0.2) is 0 Å². The van der Waals surface area contributed by atoms with Crippen LogP contribution in [0.25, 0.3) is 0 Å². The lowest BCUT2D eigenvalue weighted by molar-refractivity contribution is -0.133. The molecule has 2 aliphatic rings. The Morgan fingerprint density at radius 3 is 2.08 bits per heavy atom. The lowest BCUT2D eigenvalue weighted by Crippen LogP contribution is -2.54. The molecule has 3 unspecified atom stereocenters. The smallest absolute Gasteiger partial charge is 0.226 e. The first-order valence-electron chi connectivity index (χ1n) is 14.3. The van der Waals surface area contributed by atoms with Crippen LogP contribution in [0.4, 0.5) is 0 Å². The van der Waals surface area contributed by atoms with Crippen LogP contribution in [-0.4, -0.2) is 56.8 Å². The summed E-state index contributed by atoms with van der Waals surface area (Å²) in [7, 11) is 0. The number of amides is 1. The Hall–Kier alpha value is -1.47. The van der Waals surface area contributed by atoms with Gasteiger partial charge in [0, 0.05) is 6.42 Å². The Bertz CT molecular complexity index is 762. The molecule has 3 rings (SSSR count). The zero-order valence-corrected chi connectivity index (χ0v) is 22.3. The number of hydrogen-bond acceptors (Lipinski definition) is 5. The van der Waals surface area contributed by atoms with Crippen LogP contribution < -0.4 is 5.32 Å². The van der Waals surface area contributed by atoms with Crippen molar-refractivity contribution < 1.29 is 25.2 Å². The summed E-state index contributed by atoms with van der Waals surface area (Å²) in [6, 6.07) is 8.89. The zero-order chi connectivity index (χ0) is 26.1. The van der Waals surface area contributed by atoms with Crippen molar-refractivity contribution in [1.82, 2.24) is 5.32 Å². The average molecular weight is 504 g/mol. The number of carbonyl (C=O) groups excluding carboxylic acids is 1. The van der Waals surface area contributed by atoms with Crippen LogP contribution in [0.15, 0.2) is 30.3 Å². The number of hydrogen-bond donors (Lipinski definition) is 5. The fraction of sp³-hybridized carbons (Fsp3) is 0.767. The highest BCUT2D eigenvalue weighted by atomic mass is 16.3. The van der Waals surface area contributed by atoms with E-state index in [0.717, 1.165) is 31.2 Å². The van der Waals surface area contributed by atoms with Crippen molar-refractivity contribution in [3.63, 3.8) is 0 Å². The first-order chi connectivity index (χ1) is 17.2. The number of carbonyl (C=O) groups is 1. The Morgan fingerprint density at radius 2 is 1.47 bits per heavy atom. The van der Waals surface area contributed by atoms with Crippen LogP contribution in [0.3, 0.4) is 0 Å². The monoisotopic (exact) mass is 503 g/mol. The number of aliphatic hydroxyl groups is 4. The van der Waals surface area contributed by atoms with Gasteiger partial charge in [-0.1, -0.05) is 89.1 Å². The molecular weight excluding hydrogens is 454 g/mol. The van der Waals surface area contributed by atoms with Gasteiger partial charge in [0.2, 0.25) is 5.91 Å². The maximum atomic E-state index is 13.5. The molecule has 5 N–H and O–H groups in total. The van der Waals surface area contributed by atoms with Crippen molar-refractivity contribution in [3.05, 3.63) is 35.9 Å². The maximum Gasteiger partial charge on any atom is 0.226 e. The molecular formula is C30H49NO5. The summed E-state index contributed by atoms with van der Waals surface area (Å²) in [4.78, 5) is 13.5. The van der Waals surface area contributed by atoms with E-state index in [-0.39, 0.29) is 18.2 Å². The number of aliphatic hydroxyl groups excluding tert-OH is 4. The summed E-state index contributed by atoms with van der Waals surface area (Å²) in [5.41, 5.74) is 0.989. The van der Waals surface area contributed by atoms with Crippen LogP contribution in [0.2, 0.25) is 0 Å². The highest BCUT2D eigenvalue weighted by molar-refractivity contribution is 5.79. The predicted molar refractivity (Wildman–Crippen MR) is 142 cm³/mol. The molecule has 6 heteroatoms. The van der Waals surface area contributed by atoms with Crippen molar-refractivity contribution in [3.8, 4) is 0 Å². The van der Waals surface area contributed by atoms with Gasteiger partial charge in [-0.15, -0.1) is 0 Å². The fourth-order valence-corrected chi connectivity index (χ4v) is 5.82. The minimum atomic E-state index is -0.984. The lowest BCUT2D eigenvalue weighted by Gasteiger charge is -2.34. The standard InChI is InChI=1S/C30H49NO5/c1-20(2)15-27(34)29(28(35)18-22-11-7-4-8-12-22)31-30(36)25(17-23-13-14-23)26(33)19-24(32)16-21-9-5-3-6-10-21/h3,5-6,9-10,20,22-29,32-35H,4,7-8,11-19H2,1-2H3,(H,31,36)/t24-,25-,26-,27?,28?,29?/m1/s1. The molecule has 2 aliphatic carbocycles. The van der Waals surface area contributed by atoms with Gasteiger partial charge in [-0.05, 0) is 49.0 Å².